The summed E-state index contributed by atoms with van der Waals surface area (Å²) < 4.78 is 19.1. The maximum Gasteiger partial charge on any atom is 0.165 e. The third kappa shape index (κ3) is 2.30. The van der Waals surface area contributed by atoms with Crippen molar-refractivity contribution in [3.63, 3.8) is 0 Å². The molecule has 0 bridgehead atoms. The lowest BCUT2D eigenvalue weighted by Crippen LogP contribution is -2.21. The zero-order valence-corrected chi connectivity index (χ0v) is 10.8. The highest BCUT2D eigenvalue weighted by molar-refractivity contribution is 5.51. The number of anilines is 1. The quantitative estimate of drug-likeness (QED) is 0.904. The normalized spacial score (nSPS) is 16.7. The van der Waals surface area contributed by atoms with Crippen LogP contribution in [0.25, 0.3) is 0 Å². The lowest BCUT2D eigenvalue weighted by molar-refractivity contribution is 0.260. The van der Waals surface area contributed by atoms with E-state index < -0.39 is 0 Å². The number of ether oxygens (including phenoxy) is 1. The van der Waals surface area contributed by atoms with Gasteiger partial charge in [0.2, 0.25) is 0 Å². The van der Waals surface area contributed by atoms with E-state index in [1.807, 2.05) is 18.2 Å². The molecule has 1 aliphatic rings. The van der Waals surface area contributed by atoms with Crippen molar-refractivity contribution >= 4 is 5.69 Å². The van der Waals surface area contributed by atoms with Crippen LogP contribution in [0.1, 0.15) is 23.6 Å². The SMILES string of the molecule is N#Cc1ccc(N[C@H]2CCOc3c(F)cccc32)cc1. The Balaban J connectivity index is 1.86. The van der Waals surface area contributed by atoms with Crippen LogP contribution in [0.5, 0.6) is 5.75 Å². The second kappa shape index (κ2) is 5.22. The molecular formula is C16H13FN2O. The number of benzene rings is 2. The largest absolute Gasteiger partial charge is 0.490 e. The Kier molecular flexibility index (Phi) is 3.26. The van der Waals surface area contributed by atoms with Crippen LogP contribution >= 0.6 is 0 Å². The van der Waals surface area contributed by atoms with Crippen molar-refractivity contribution in [2.24, 2.45) is 0 Å². The molecule has 2 aromatic carbocycles. The monoisotopic (exact) mass is 268 g/mol. The van der Waals surface area contributed by atoms with E-state index >= 15 is 0 Å². The fourth-order valence-corrected chi connectivity index (χ4v) is 2.38. The molecule has 20 heavy (non-hydrogen) atoms. The minimum Gasteiger partial charge on any atom is -0.490 e. The van der Waals surface area contributed by atoms with Gasteiger partial charge in [0, 0.05) is 17.7 Å². The van der Waals surface area contributed by atoms with E-state index in [4.69, 9.17) is 10.00 Å². The second-order valence-electron chi connectivity index (χ2n) is 4.68. The smallest absolute Gasteiger partial charge is 0.165 e. The summed E-state index contributed by atoms with van der Waals surface area (Å²) in [5, 5.41) is 12.1. The van der Waals surface area contributed by atoms with E-state index in [9.17, 15) is 4.39 Å². The molecule has 0 fully saturated rings. The third-order valence-corrected chi connectivity index (χ3v) is 3.38. The number of hydrogen-bond donors (Lipinski definition) is 1. The summed E-state index contributed by atoms with van der Waals surface area (Å²) in [6, 6.07) is 14.3. The highest BCUT2D eigenvalue weighted by atomic mass is 19.1. The van der Waals surface area contributed by atoms with Gasteiger partial charge in [-0.2, -0.15) is 5.26 Å². The van der Waals surface area contributed by atoms with Crippen molar-refractivity contribution < 1.29 is 9.13 Å². The fourth-order valence-electron chi connectivity index (χ4n) is 2.38. The first-order valence-electron chi connectivity index (χ1n) is 6.46. The molecule has 0 unspecified atom stereocenters. The predicted molar refractivity (Wildman–Crippen MR) is 74.0 cm³/mol. The van der Waals surface area contributed by atoms with Crippen LogP contribution in [0.3, 0.4) is 0 Å². The van der Waals surface area contributed by atoms with Gasteiger partial charge in [-0.25, -0.2) is 4.39 Å². The number of halogens is 1. The van der Waals surface area contributed by atoms with Crippen LogP contribution in [-0.4, -0.2) is 6.61 Å². The van der Waals surface area contributed by atoms with Gasteiger partial charge in [-0.1, -0.05) is 12.1 Å². The van der Waals surface area contributed by atoms with Gasteiger partial charge in [0.1, 0.15) is 0 Å². The van der Waals surface area contributed by atoms with Gasteiger partial charge >= 0.3 is 0 Å². The van der Waals surface area contributed by atoms with Crippen LogP contribution in [0.4, 0.5) is 10.1 Å². The van der Waals surface area contributed by atoms with Crippen LogP contribution in [0.15, 0.2) is 42.5 Å². The summed E-state index contributed by atoms with van der Waals surface area (Å²) in [4.78, 5) is 0. The second-order valence-corrected chi connectivity index (χ2v) is 4.68. The van der Waals surface area contributed by atoms with Gasteiger partial charge < -0.3 is 10.1 Å². The maximum atomic E-state index is 13.7. The molecule has 3 nitrogen and oxygen atoms in total. The van der Waals surface area contributed by atoms with Crippen LogP contribution < -0.4 is 10.1 Å². The molecule has 1 atom stereocenters. The van der Waals surface area contributed by atoms with Gasteiger partial charge in [0.05, 0.1) is 24.3 Å². The van der Waals surface area contributed by atoms with E-state index in [-0.39, 0.29) is 11.9 Å². The van der Waals surface area contributed by atoms with Crippen LogP contribution in [-0.2, 0) is 0 Å². The lowest BCUT2D eigenvalue weighted by atomic mass is 10.00. The van der Waals surface area contributed by atoms with E-state index in [1.165, 1.54) is 6.07 Å². The Labute approximate surface area is 116 Å². The molecule has 1 heterocycles. The first kappa shape index (κ1) is 12.5. The minimum absolute atomic E-state index is 0.0161. The summed E-state index contributed by atoms with van der Waals surface area (Å²) in [7, 11) is 0. The minimum atomic E-state index is -0.325. The summed E-state index contributed by atoms with van der Waals surface area (Å²) in [5.41, 5.74) is 2.36. The zero-order valence-electron chi connectivity index (χ0n) is 10.8. The fraction of sp³-hybridized carbons (Fsp3) is 0.188. The molecule has 2 aromatic rings. The number of para-hydroxylation sites is 1. The molecule has 3 rings (SSSR count). The molecule has 100 valence electrons. The molecule has 0 saturated heterocycles. The standard InChI is InChI=1S/C16H13FN2O/c17-14-3-1-2-13-15(8-9-20-16(13)14)19-12-6-4-11(10-18)5-7-12/h1-7,15,19H,8-9H2/t15-/m0/s1. The average molecular weight is 268 g/mol. The van der Waals surface area contributed by atoms with Gasteiger partial charge in [-0.15, -0.1) is 0 Å². The Hall–Kier alpha value is -2.54. The van der Waals surface area contributed by atoms with E-state index in [1.54, 1.807) is 18.2 Å². The molecule has 1 aliphatic heterocycles. The van der Waals surface area contributed by atoms with Crippen molar-refractivity contribution in [1.29, 1.82) is 5.26 Å². The van der Waals surface area contributed by atoms with Crippen molar-refractivity contribution in [2.45, 2.75) is 12.5 Å². The topological polar surface area (TPSA) is 45.0 Å². The molecule has 0 amide bonds. The molecule has 0 saturated carbocycles. The first-order valence-corrected chi connectivity index (χ1v) is 6.46. The third-order valence-electron chi connectivity index (χ3n) is 3.38. The van der Waals surface area contributed by atoms with Gasteiger partial charge in [-0.05, 0) is 30.3 Å². The molecule has 4 heteroatoms. The van der Waals surface area contributed by atoms with Crippen molar-refractivity contribution in [2.75, 3.05) is 11.9 Å². The Morgan fingerprint density at radius 1 is 1.20 bits per heavy atom. The molecule has 1 N–H and O–H groups in total. The Bertz CT molecular complexity index is 661. The lowest BCUT2D eigenvalue weighted by Gasteiger charge is -2.27. The molecule has 0 aromatic heterocycles. The number of rotatable bonds is 2. The van der Waals surface area contributed by atoms with Gasteiger partial charge in [0.15, 0.2) is 11.6 Å². The van der Waals surface area contributed by atoms with Crippen LogP contribution in [0.2, 0.25) is 0 Å². The number of nitrogens with zero attached hydrogens (tertiary/aromatic N) is 1. The number of hydrogen-bond acceptors (Lipinski definition) is 3. The summed E-state index contributed by atoms with van der Waals surface area (Å²) in [6.45, 7) is 0.488. The van der Waals surface area contributed by atoms with Gasteiger partial charge in [0.25, 0.3) is 0 Å². The number of nitrogens with one attached hydrogen (secondary N) is 1. The molecule has 0 aliphatic carbocycles. The Morgan fingerprint density at radius 3 is 2.75 bits per heavy atom. The highest BCUT2D eigenvalue weighted by Crippen LogP contribution is 2.35. The highest BCUT2D eigenvalue weighted by Gasteiger charge is 2.23. The van der Waals surface area contributed by atoms with Crippen molar-refractivity contribution in [3.8, 4) is 11.8 Å². The van der Waals surface area contributed by atoms with Crippen molar-refractivity contribution in [3.05, 3.63) is 59.4 Å². The zero-order chi connectivity index (χ0) is 13.9. The average Bonchev–Trinajstić information content (AvgIpc) is 2.49. The van der Waals surface area contributed by atoms with E-state index in [2.05, 4.69) is 11.4 Å². The number of fused-ring (bicyclic) bond motifs is 1. The number of nitriles is 1. The summed E-state index contributed by atoms with van der Waals surface area (Å²) in [6.07, 6.45) is 0.774. The van der Waals surface area contributed by atoms with E-state index in [0.717, 1.165) is 17.7 Å². The van der Waals surface area contributed by atoms with Crippen molar-refractivity contribution in [1.82, 2.24) is 0 Å². The summed E-state index contributed by atoms with van der Waals surface area (Å²) >= 11 is 0. The molecular weight excluding hydrogens is 255 g/mol. The summed E-state index contributed by atoms with van der Waals surface area (Å²) in [5.74, 6) is 0.0127. The van der Waals surface area contributed by atoms with Crippen LogP contribution in [0, 0.1) is 17.1 Å². The van der Waals surface area contributed by atoms with E-state index in [0.29, 0.717) is 17.9 Å². The first-order chi connectivity index (χ1) is 9.78. The molecule has 0 spiro atoms. The Morgan fingerprint density at radius 2 is 2.00 bits per heavy atom. The maximum absolute atomic E-state index is 13.7. The molecule has 0 radical (unpaired) electrons. The van der Waals surface area contributed by atoms with Gasteiger partial charge in [-0.3, -0.25) is 0 Å². The predicted octanol–water partition coefficient (Wildman–Crippen LogP) is 3.63.